The van der Waals surface area contributed by atoms with E-state index in [1.54, 1.807) is 6.92 Å². The Bertz CT molecular complexity index is 710. The molecular weight excluding hydrogens is 481 g/mol. The van der Waals surface area contributed by atoms with Gasteiger partial charge in [0.2, 0.25) is 0 Å². The van der Waals surface area contributed by atoms with Gasteiger partial charge in [0.15, 0.2) is 0 Å². The Balaban J connectivity index is 2.77. The molecule has 1 aromatic carbocycles. The molecule has 0 radical (unpaired) electrons. The molecule has 1 aliphatic rings. The molecule has 1 heterocycles. The predicted molar refractivity (Wildman–Crippen MR) is 129 cm³/mol. The molecule has 0 bridgehead atoms. The maximum absolute atomic E-state index is 12.4. The summed E-state index contributed by atoms with van der Waals surface area (Å²) < 4.78 is 11.7. The van der Waals surface area contributed by atoms with Gasteiger partial charge in [0, 0.05) is 0 Å². The molecular formula is C25H43NO3Sn. The molecule has 0 saturated heterocycles. The number of ether oxygens (including phenoxy) is 1. The third-order valence-corrected chi connectivity index (χ3v) is 22.4. The van der Waals surface area contributed by atoms with Gasteiger partial charge in [-0.3, -0.25) is 0 Å². The molecule has 0 saturated carbocycles. The second-order valence-corrected chi connectivity index (χ2v) is 22.9. The molecule has 0 unspecified atom stereocenters. The number of aliphatic hydroxyl groups is 1. The van der Waals surface area contributed by atoms with Crippen LogP contribution in [0.1, 0.15) is 102 Å². The van der Waals surface area contributed by atoms with Gasteiger partial charge in [0.25, 0.3) is 0 Å². The van der Waals surface area contributed by atoms with Crippen LogP contribution in [0.15, 0.2) is 12.1 Å². The number of unbranched alkanes of at least 4 members (excludes halogenated alkanes) is 3. The van der Waals surface area contributed by atoms with E-state index in [1.807, 2.05) is 19.9 Å². The van der Waals surface area contributed by atoms with Crippen LogP contribution < -0.4 is 14.0 Å². The van der Waals surface area contributed by atoms with Crippen molar-refractivity contribution in [2.75, 3.05) is 0 Å². The molecule has 0 aliphatic carbocycles. The molecule has 0 aromatic heterocycles. The normalized spacial score (nSPS) is 20.5. The number of carbonyl (C=O) groups excluding carboxylic acids is 1. The average molecular weight is 524 g/mol. The molecule has 4 nitrogen and oxygen atoms in total. The maximum atomic E-state index is 12.4. The fourth-order valence-electron chi connectivity index (χ4n) is 4.86. The number of hydrogen-bond acceptors (Lipinski definition) is 4. The molecule has 2 rings (SSSR count). The molecule has 0 spiro atoms. The summed E-state index contributed by atoms with van der Waals surface area (Å²) in [7, 11) is 0. The molecule has 0 fully saturated rings. The summed E-state index contributed by atoms with van der Waals surface area (Å²) in [5, 5.41) is 10.8. The number of Topliss-reactive ketones (excluding diaryl/α,β-unsaturated/α-hetero) is 1. The summed E-state index contributed by atoms with van der Waals surface area (Å²) >= 11 is -2.89. The van der Waals surface area contributed by atoms with Crippen molar-refractivity contribution in [2.45, 2.75) is 111 Å². The zero-order valence-corrected chi connectivity index (χ0v) is 22.9. The van der Waals surface area contributed by atoms with Crippen molar-refractivity contribution in [2.24, 2.45) is 5.73 Å². The number of rotatable bonds is 11. The monoisotopic (exact) mass is 525 g/mol. The third-order valence-electron chi connectivity index (χ3n) is 6.90. The van der Waals surface area contributed by atoms with Crippen molar-refractivity contribution >= 4 is 27.7 Å². The minimum atomic E-state index is -2.89. The summed E-state index contributed by atoms with van der Waals surface area (Å²) in [4.78, 5) is 12.4. The summed E-state index contributed by atoms with van der Waals surface area (Å²) in [6.07, 6.45) is 6.48. The van der Waals surface area contributed by atoms with E-state index >= 15 is 0 Å². The summed E-state index contributed by atoms with van der Waals surface area (Å²) in [6, 6.07) is 3.51. The van der Waals surface area contributed by atoms with Gasteiger partial charge in [-0.05, 0) is 0 Å². The Labute approximate surface area is 187 Å². The fourth-order valence-corrected chi connectivity index (χ4v) is 21.4. The molecule has 30 heavy (non-hydrogen) atoms. The fraction of sp³-hybridized carbons (Fsp3) is 0.720. The van der Waals surface area contributed by atoms with Crippen LogP contribution in [0.3, 0.4) is 0 Å². The van der Waals surface area contributed by atoms with E-state index in [9.17, 15) is 9.90 Å². The van der Waals surface area contributed by atoms with Crippen LogP contribution in [0, 0.1) is 0 Å². The summed E-state index contributed by atoms with van der Waals surface area (Å²) in [6.45, 7) is 12.3. The number of nitrogens with two attached hydrogens (primary N) is 1. The van der Waals surface area contributed by atoms with Gasteiger partial charge >= 0.3 is 188 Å². The number of benzene rings is 1. The van der Waals surface area contributed by atoms with E-state index < -0.39 is 36.1 Å². The van der Waals surface area contributed by atoms with Gasteiger partial charge < -0.3 is 0 Å². The van der Waals surface area contributed by atoms with Crippen molar-refractivity contribution in [3.8, 4) is 5.75 Å². The van der Waals surface area contributed by atoms with Gasteiger partial charge in [-0.2, -0.15) is 0 Å². The standard InChI is InChI=1S/C13H16NO3.3C4H9.Sn/c1-7(15)8-4-5-10-9(6-8)11(14)12(16)13(2,3)17-10;3*1-3-4-2;/h4,6,11-12,16H,14H2,1-3H3;3*1,3-4H2,2H3;/t11-,12+;;;;/m0..../s1. The van der Waals surface area contributed by atoms with Gasteiger partial charge in [0.05, 0.1) is 0 Å². The SMILES string of the molecule is CCC[CH2][Sn]([CH2]CCC)([CH2]CCC)[c]1cc(C(C)=O)cc2c1OC(C)(C)[C@H](O)[C@H]2N. The van der Waals surface area contributed by atoms with Crippen molar-refractivity contribution in [1.29, 1.82) is 0 Å². The van der Waals surface area contributed by atoms with Gasteiger partial charge in [-0.1, -0.05) is 0 Å². The minimum absolute atomic E-state index is 0.0623. The number of carbonyl (C=O) groups is 1. The molecule has 1 aliphatic heterocycles. The van der Waals surface area contributed by atoms with Crippen LogP contribution in [0.5, 0.6) is 5.75 Å². The first-order valence-electron chi connectivity index (χ1n) is 12.0. The number of hydrogen-bond donors (Lipinski definition) is 2. The molecule has 3 N–H and O–H groups in total. The third kappa shape index (κ3) is 5.42. The Kier molecular flexibility index (Phi) is 9.26. The zero-order chi connectivity index (χ0) is 22.5. The van der Waals surface area contributed by atoms with Crippen molar-refractivity contribution < 1.29 is 14.6 Å². The first kappa shape index (κ1) is 25.7. The number of aliphatic hydroxyl groups excluding tert-OH is 1. The van der Waals surface area contributed by atoms with Crippen molar-refractivity contribution in [3.05, 3.63) is 23.3 Å². The average Bonchev–Trinajstić information content (AvgIpc) is 2.71. The van der Waals surface area contributed by atoms with Crippen LogP contribution in [-0.2, 0) is 0 Å². The number of ketones is 1. The van der Waals surface area contributed by atoms with Crippen LogP contribution in [0.25, 0.3) is 0 Å². The summed E-state index contributed by atoms with van der Waals surface area (Å²) in [5.74, 6) is 0.967. The van der Waals surface area contributed by atoms with E-state index in [4.69, 9.17) is 10.5 Å². The van der Waals surface area contributed by atoms with Crippen LogP contribution in [0.2, 0.25) is 13.3 Å². The second-order valence-electron chi connectivity index (χ2n) is 9.77. The molecule has 170 valence electrons. The topological polar surface area (TPSA) is 72.5 Å². The van der Waals surface area contributed by atoms with E-state index in [2.05, 4.69) is 26.8 Å². The van der Waals surface area contributed by atoms with Crippen LogP contribution in [0.4, 0.5) is 0 Å². The van der Waals surface area contributed by atoms with Gasteiger partial charge in [0.1, 0.15) is 0 Å². The zero-order valence-electron chi connectivity index (χ0n) is 20.0. The van der Waals surface area contributed by atoms with E-state index in [1.165, 1.54) is 55.4 Å². The molecule has 2 atom stereocenters. The van der Waals surface area contributed by atoms with Gasteiger partial charge in [-0.25, -0.2) is 0 Å². The molecule has 0 amide bonds. The Morgan fingerprint density at radius 2 is 1.57 bits per heavy atom. The van der Waals surface area contributed by atoms with Gasteiger partial charge in [-0.15, -0.1) is 0 Å². The first-order valence-corrected chi connectivity index (χ1v) is 19.4. The van der Waals surface area contributed by atoms with E-state index in [0.29, 0.717) is 0 Å². The predicted octanol–water partition coefficient (Wildman–Crippen LogP) is 5.48. The molecule has 5 heteroatoms. The van der Waals surface area contributed by atoms with E-state index in [-0.39, 0.29) is 5.78 Å². The van der Waals surface area contributed by atoms with Crippen molar-refractivity contribution in [1.82, 2.24) is 0 Å². The van der Waals surface area contributed by atoms with Crippen LogP contribution >= 0.6 is 0 Å². The quantitative estimate of drug-likeness (QED) is 0.297. The van der Waals surface area contributed by atoms with E-state index in [0.717, 1.165) is 16.9 Å². The first-order chi connectivity index (χ1) is 14.1. The Morgan fingerprint density at radius 3 is 2.00 bits per heavy atom. The number of fused-ring (bicyclic) bond motifs is 1. The van der Waals surface area contributed by atoms with Crippen molar-refractivity contribution in [3.63, 3.8) is 0 Å². The summed E-state index contributed by atoms with van der Waals surface area (Å²) in [5.41, 5.74) is 7.34. The Hall–Kier alpha value is -0.591. The molecule has 1 aromatic rings. The van der Waals surface area contributed by atoms with Crippen LogP contribution in [-0.4, -0.2) is 41.0 Å². The Morgan fingerprint density at radius 1 is 1.07 bits per heavy atom. The second kappa shape index (κ2) is 10.8.